The van der Waals surface area contributed by atoms with Gasteiger partial charge in [0.2, 0.25) is 0 Å². The predicted molar refractivity (Wildman–Crippen MR) is 114 cm³/mol. The van der Waals surface area contributed by atoms with Crippen LogP contribution in [0, 0.1) is 6.92 Å². The van der Waals surface area contributed by atoms with E-state index in [1.54, 1.807) is 0 Å². The number of nitrogens with one attached hydrogen (secondary N) is 1. The Morgan fingerprint density at radius 2 is 1.68 bits per heavy atom. The topological polar surface area (TPSA) is 53.5 Å². The van der Waals surface area contributed by atoms with Crippen molar-refractivity contribution in [2.45, 2.75) is 6.92 Å². The number of rotatable bonds is 5. The van der Waals surface area contributed by atoms with Crippen molar-refractivity contribution in [3.05, 3.63) is 66.5 Å². The Morgan fingerprint density at radius 1 is 0.964 bits per heavy atom. The second-order valence-corrected chi connectivity index (χ2v) is 6.79. The lowest BCUT2D eigenvalue weighted by Crippen LogP contribution is -2.36. The third kappa shape index (κ3) is 4.07. The summed E-state index contributed by atoms with van der Waals surface area (Å²) in [5, 5.41) is 3.50. The summed E-state index contributed by atoms with van der Waals surface area (Å²) in [6.45, 7) is 5.22. The van der Waals surface area contributed by atoms with E-state index in [1.165, 1.54) is 5.69 Å². The number of morpholine rings is 1. The lowest BCUT2D eigenvalue weighted by atomic mass is 10.2. The first kappa shape index (κ1) is 18.3. The van der Waals surface area contributed by atoms with Gasteiger partial charge in [-0.15, -0.1) is 0 Å². The standard InChI is InChI=1S/C22H25N5O/c1-17-23-21(16-22(24-17)26(2)18-8-4-3-5-9-18)25-19-10-6-7-11-20(19)27-12-14-28-15-13-27/h3-11,16H,12-15H2,1-2H3,(H,23,24,25). The number of anilines is 5. The Hall–Kier alpha value is -3.12. The smallest absolute Gasteiger partial charge is 0.138 e. The van der Waals surface area contributed by atoms with Crippen LogP contribution in [0.15, 0.2) is 60.7 Å². The van der Waals surface area contributed by atoms with Crippen molar-refractivity contribution in [2.24, 2.45) is 0 Å². The zero-order valence-electron chi connectivity index (χ0n) is 16.3. The zero-order valence-corrected chi connectivity index (χ0v) is 16.3. The largest absolute Gasteiger partial charge is 0.378 e. The SMILES string of the molecule is Cc1nc(Nc2ccccc2N2CCOCC2)cc(N(C)c2ccccc2)n1. The van der Waals surface area contributed by atoms with Crippen LogP contribution in [0.5, 0.6) is 0 Å². The van der Waals surface area contributed by atoms with Gasteiger partial charge in [0.25, 0.3) is 0 Å². The predicted octanol–water partition coefficient (Wildman–Crippen LogP) is 4.13. The van der Waals surface area contributed by atoms with Crippen LogP contribution in [0.25, 0.3) is 0 Å². The fourth-order valence-corrected chi connectivity index (χ4v) is 3.37. The maximum atomic E-state index is 5.49. The van der Waals surface area contributed by atoms with Gasteiger partial charge in [-0.2, -0.15) is 0 Å². The van der Waals surface area contributed by atoms with E-state index in [1.807, 2.05) is 44.3 Å². The van der Waals surface area contributed by atoms with E-state index in [0.717, 1.165) is 55.1 Å². The highest BCUT2D eigenvalue weighted by molar-refractivity contribution is 5.75. The van der Waals surface area contributed by atoms with Crippen LogP contribution in [-0.4, -0.2) is 43.3 Å². The molecular weight excluding hydrogens is 350 g/mol. The zero-order chi connectivity index (χ0) is 19.3. The van der Waals surface area contributed by atoms with E-state index in [-0.39, 0.29) is 0 Å². The van der Waals surface area contributed by atoms with E-state index < -0.39 is 0 Å². The number of aryl methyl sites for hydroxylation is 1. The molecule has 0 unspecified atom stereocenters. The maximum Gasteiger partial charge on any atom is 0.138 e. The van der Waals surface area contributed by atoms with Gasteiger partial charge in [-0.3, -0.25) is 0 Å². The van der Waals surface area contributed by atoms with Crippen molar-refractivity contribution in [1.82, 2.24) is 9.97 Å². The van der Waals surface area contributed by atoms with Gasteiger partial charge in [0, 0.05) is 31.9 Å². The maximum absolute atomic E-state index is 5.49. The first-order valence-electron chi connectivity index (χ1n) is 9.54. The summed E-state index contributed by atoms with van der Waals surface area (Å²) in [6.07, 6.45) is 0. The number of hydrogen-bond donors (Lipinski definition) is 1. The molecular formula is C22H25N5O. The minimum absolute atomic E-state index is 0.728. The molecule has 1 fully saturated rings. The molecule has 0 radical (unpaired) electrons. The molecule has 1 aliphatic heterocycles. The molecule has 1 aliphatic rings. The quantitative estimate of drug-likeness (QED) is 0.724. The fraction of sp³-hybridized carbons (Fsp3) is 0.273. The molecule has 6 nitrogen and oxygen atoms in total. The lowest BCUT2D eigenvalue weighted by molar-refractivity contribution is 0.123. The first-order valence-corrected chi connectivity index (χ1v) is 9.54. The van der Waals surface area contributed by atoms with Crippen LogP contribution < -0.4 is 15.1 Å². The van der Waals surface area contributed by atoms with Crippen molar-refractivity contribution >= 4 is 28.7 Å². The number of aromatic nitrogens is 2. The normalized spacial score (nSPS) is 14.0. The highest BCUT2D eigenvalue weighted by Crippen LogP contribution is 2.30. The van der Waals surface area contributed by atoms with Crippen molar-refractivity contribution in [1.29, 1.82) is 0 Å². The Kier molecular flexibility index (Phi) is 5.39. The molecule has 144 valence electrons. The molecule has 0 bridgehead atoms. The monoisotopic (exact) mass is 375 g/mol. The highest BCUT2D eigenvalue weighted by atomic mass is 16.5. The molecule has 2 heterocycles. The van der Waals surface area contributed by atoms with Crippen LogP contribution in [0.4, 0.5) is 28.7 Å². The third-order valence-corrected chi connectivity index (χ3v) is 4.83. The number of ether oxygens (including phenoxy) is 1. The van der Waals surface area contributed by atoms with Gasteiger partial charge in [-0.05, 0) is 31.2 Å². The van der Waals surface area contributed by atoms with Gasteiger partial charge in [0.15, 0.2) is 0 Å². The van der Waals surface area contributed by atoms with Crippen LogP contribution in [0.3, 0.4) is 0 Å². The van der Waals surface area contributed by atoms with Gasteiger partial charge in [0.05, 0.1) is 24.6 Å². The minimum atomic E-state index is 0.728. The number of nitrogens with zero attached hydrogens (tertiary/aromatic N) is 4. The van der Waals surface area contributed by atoms with E-state index >= 15 is 0 Å². The summed E-state index contributed by atoms with van der Waals surface area (Å²) in [7, 11) is 2.02. The van der Waals surface area contributed by atoms with Gasteiger partial charge in [-0.25, -0.2) is 9.97 Å². The summed E-state index contributed by atoms with van der Waals surface area (Å²) in [5.41, 5.74) is 3.29. The molecule has 0 saturated carbocycles. The Morgan fingerprint density at radius 3 is 2.46 bits per heavy atom. The van der Waals surface area contributed by atoms with Crippen molar-refractivity contribution < 1.29 is 4.74 Å². The first-order chi connectivity index (χ1) is 13.7. The molecule has 1 saturated heterocycles. The van der Waals surface area contributed by atoms with Gasteiger partial charge in [-0.1, -0.05) is 30.3 Å². The summed E-state index contributed by atoms with van der Waals surface area (Å²) in [4.78, 5) is 13.6. The van der Waals surface area contributed by atoms with Crippen LogP contribution >= 0.6 is 0 Å². The van der Waals surface area contributed by atoms with Crippen molar-refractivity contribution in [3.8, 4) is 0 Å². The van der Waals surface area contributed by atoms with E-state index in [4.69, 9.17) is 4.74 Å². The molecule has 28 heavy (non-hydrogen) atoms. The van der Waals surface area contributed by atoms with Crippen LogP contribution in [0.2, 0.25) is 0 Å². The molecule has 3 aromatic rings. The molecule has 6 heteroatoms. The Labute approximate surface area is 165 Å². The summed E-state index contributed by atoms with van der Waals surface area (Å²) < 4.78 is 5.49. The number of benzene rings is 2. The average Bonchev–Trinajstić information content (AvgIpc) is 2.74. The molecule has 1 N–H and O–H groups in total. The molecule has 0 atom stereocenters. The fourth-order valence-electron chi connectivity index (χ4n) is 3.37. The minimum Gasteiger partial charge on any atom is -0.378 e. The lowest BCUT2D eigenvalue weighted by Gasteiger charge is -2.30. The van der Waals surface area contributed by atoms with Gasteiger partial charge in [0.1, 0.15) is 17.5 Å². The molecule has 1 aromatic heterocycles. The van der Waals surface area contributed by atoms with E-state index in [2.05, 4.69) is 55.4 Å². The van der Waals surface area contributed by atoms with E-state index in [9.17, 15) is 0 Å². The van der Waals surface area contributed by atoms with Crippen molar-refractivity contribution in [3.63, 3.8) is 0 Å². The van der Waals surface area contributed by atoms with Crippen LogP contribution in [0.1, 0.15) is 5.82 Å². The summed E-state index contributed by atoms with van der Waals surface area (Å²) in [6, 6.07) is 20.5. The second-order valence-electron chi connectivity index (χ2n) is 6.79. The molecule has 4 rings (SSSR count). The Balaban J connectivity index is 1.62. The van der Waals surface area contributed by atoms with E-state index in [0.29, 0.717) is 0 Å². The number of para-hydroxylation sites is 3. The van der Waals surface area contributed by atoms with Gasteiger partial charge >= 0.3 is 0 Å². The summed E-state index contributed by atoms with van der Waals surface area (Å²) in [5.74, 6) is 2.36. The third-order valence-electron chi connectivity index (χ3n) is 4.83. The molecule has 0 spiro atoms. The highest BCUT2D eigenvalue weighted by Gasteiger charge is 2.15. The molecule has 0 amide bonds. The molecule has 0 aliphatic carbocycles. The molecule has 2 aromatic carbocycles. The number of hydrogen-bond acceptors (Lipinski definition) is 6. The van der Waals surface area contributed by atoms with Crippen molar-refractivity contribution in [2.75, 3.05) is 48.5 Å². The summed E-state index contributed by atoms with van der Waals surface area (Å²) >= 11 is 0. The van der Waals surface area contributed by atoms with Crippen LogP contribution in [-0.2, 0) is 4.74 Å². The Bertz CT molecular complexity index is 925. The van der Waals surface area contributed by atoms with Gasteiger partial charge < -0.3 is 19.9 Å². The second kappa shape index (κ2) is 8.27. The average molecular weight is 375 g/mol.